The van der Waals surface area contributed by atoms with Crippen molar-refractivity contribution in [1.29, 1.82) is 0 Å². The summed E-state index contributed by atoms with van der Waals surface area (Å²) in [4.78, 5) is 36.4. The fraction of sp³-hybridized carbons (Fsp3) is 0.476. The van der Waals surface area contributed by atoms with Crippen LogP contribution in [0.4, 0.5) is 4.79 Å². The Labute approximate surface area is 164 Å². The van der Waals surface area contributed by atoms with Crippen molar-refractivity contribution >= 4 is 23.0 Å². The first-order valence-corrected chi connectivity index (χ1v) is 9.27. The van der Waals surface area contributed by atoms with E-state index in [1.165, 1.54) is 6.07 Å². The van der Waals surface area contributed by atoms with Gasteiger partial charge in [-0.2, -0.15) is 0 Å². The molecule has 28 heavy (non-hydrogen) atoms. The molecule has 0 radical (unpaired) electrons. The first-order chi connectivity index (χ1) is 13.0. The van der Waals surface area contributed by atoms with Crippen LogP contribution >= 0.6 is 0 Å². The number of aryl methyl sites for hydroxylation is 2. The molecule has 1 aromatic heterocycles. The number of esters is 1. The lowest BCUT2D eigenvalue weighted by Gasteiger charge is -2.23. The summed E-state index contributed by atoms with van der Waals surface area (Å²) in [5, 5.41) is 3.33. The Bertz CT molecular complexity index is 938. The van der Waals surface area contributed by atoms with Crippen LogP contribution in [0.5, 0.6) is 5.75 Å². The smallest absolute Gasteiger partial charge is 0.408 e. The molecule has 152 valence electrons. The van der Waals surface area contributed by atoms with Crippen LogP contribution in [0.25, 0.3) is 11.0 Å². The van der Waals surface area contributed by atoms with Gasteiger partial charge in [0.1, 0.15) is 23.0 Å². The third-order valence-corrected chi connectivity index (χ3v) is 4.08. The number of carbonyl (C=O) groups is 2. The highest BCUT2D eigenvalue weighted by atomic mass is 16.6. The van der Waals surface area contributed by atoms with Crippen LogP contribution < -0.4 is 15.7 Å². The van der Waals surface area contributed by atoms with Gasteiger partial charge in [0, 0.05) is 17.0 Å². The summed E-state index contributed by atoms with van der Waals surface area (Å²) in [6.07, 6.45) is 0.388. The Morgan fingerprint density at radius 2 is 1.89 bits per heavy atom. The van der Waals surface area contributed by atoms with Crippen LogP contribution in [0.1, 0.15) is 51.7 Å². The fourth-order valence-electron chi connectivity index (χ4n) is 2.78. The Hall–Kier alpha value is -2.83. The second-order valence-electron chi connectivity index (χ2n) is 7.72. The summed E-state index contributed by atoms with van der Waals surface area (Å²) in [7, 11) is 0. The zero-order chi connectivity index (χ0) is 21.1. The van der Waals surface area contributed by atoms with Gasteiger partial charge in [0.15, 0.2) is 0 Å². The molecular weight excluding hydrogens is 362 g/mol. The van der Waals surface area contributed by atoms with Crippen molar-refractivity contribution in [2.75, 3.05) is 0 Å². The van der Waals surface area contributed by atoms with E-state index >= 15 is 0 Å². The Morgan fingerprint density at radius 3 is 2.50 bits per heavy atom. The van der Waals surface area contributed by atoms with E-state index < -0.39 is 29.3 Å². The number of amides is 1. The molecule has 7 heteroatoms. The lowest BCUT2D eigenvalue weighted by molar-refractivity contribution is -0.137. The van der Waals surface area contributed by atoms with Gasteiger partial charge in [-0.1, -0.05) is 13.3 Å². The highest BCUT2D eigenvalue weighted by Gasteiger charge is 2.26. The molecule has 1 amide bonds. The molecule has 1 atom stereocenters. The molecule has 0 fully saturated rings. The van der Waals surface area contributed by atoms with E-state index in [0.717, 1.165) is 10.9 Å². The first kappa shape index (κ1) is 21.5. The monoisotopic (exact) mass is 389 g/mol. The number of carbonyl (C=O) groups excluding carboxylic acids is 2. The van der Waals surface area contributed by atoms with Crippen molar-refractivity contribution in [3.63, 3.8) is 0 Å². The largest absolute Gasteiger partial charge is 0.444 e. The van der Waals surface area contributed by atoms with Gasteiger partial charge in [0.2, 0.25) is 0 Å². The molecule has 7 nitrogen and oxygen atoms in total. The average Bonchev–Trinajstić information content (AvgIpc) is 2.55. The predicted molar refractivity (Wildman–Crippen MR) is 106 cm³/mol. The zero-order valence-corrected chi connectivity index (χ0v) is 17.2. The minimum absolute atomic E-state index is 0.276. The Balaban J connectivity index is 2.24. The van der Waals surface area contributed by atoms with Gasteiger partial charge in [-0.25, -0.2) is 14.4 Å². The molecule has 0 aliphatic rings. The molecular formula is C21H27NO6. The number of fused-ring (bicyclic) bond motifs is 1. The molecule has 1 N–H and O–H groups in total. The molecule has 0 aliphatic carbocycles. The summed E-state index contributed by atoms with van der Waals surface area (Å²) < 4.78 is 16.0. The normalized spacial score (nSPS) is 12.5. The van der Waals surface area contributed by atoms with E-state index in [1.54, 1.807) is 39.8 Å². The molecule has 2 rings (SSSR count). The maximum Gasteiger partial charge on any atom is 0.408 e. The summed E-state index contributed by atoms with van der Waals surface area (Å²) in [6, 6.07) is 3.95. The van der Waals surface area contributed by atoms with E-state index in [9.17, 15) is 14.4 Å². The van der Waals surface area contributed by atoms with Gasteiger partial charge in [0.05, 0.1) is 0 Å². The molecule has 0 saturated heterocycles. The zero-order valence-electron chi connectivity index (χ0n) is 17.2. The van der Waals surface area contributed by atoms with Crippen molar-refractivity contribution < 1.29 is 23.5 Å². The molecule has 1 unspecified atom stereocenters. The quantitative estimate of drug-likeness (QED) is 0.472. The minimum atomic E-state index is -0.848. The lowest BCUT2D eigenvalue weighted by atomic mass is 10.1. The van der Waals surface area contributed by atoms with Crippen LogP contribution in [0.15, 0.2) is 27.4 Å². The fourth-order valence-corrected chi connectivity index (χ4v) is 2.78. The summed E-state index contributed by atoms with van der Waals surface area (Å²) in [5.74, 6) is -0.330. The maximum atomic E-state index is 12.6. The van der Waals surface area contributed by atoms with Gasteiger partial charge in [-0.3, -0.25) is 0 Å². The van der Waals surface area contributed by atoms with Gasteiger partial charge < -0.3 is 19.2 Å². The number of benzene rings is 1. The lowest BCUT2D eigenvalue weighted by Crippen LogP contribution is -2.45. The van der Waals surface area contributed by atoms with E-state index in [1.807, 2.05) is 13.8 Å². The first-order valence-electron chi connectivity index (χ1n) is 9.27. The molecule has 0 spiro atoms. The van der Waals surface area contributed by atoms with Crippen LogP contribution in [0, 0.1) is 13.8 Å². The highest BCUT2D eigenvalue weighted by molar-refractivity contribution is 5.87. The molecule has 0 bridgehead atoms. The predicted octanol–water partition coefficient (Wildman–Crippen LogP) is 4.01. The Morgan fingerprint density at radius 1 is 1.21 bits per heavy atom. The Kier molecular flexibility index (Phi) is 6.48. The van der Waals surface area contributed by atoms with E-state index in [0.29, 0.717) is 24.0 Å². The van der Waals surface area contributed by atoms with Crippen molar-refractivity contribution in [3.05, 3.63) is 39.7 Å². The molecule has 1 aromatic carbocycles. The standard InChI is InChI=1S/C21H27NO6/c1-7-8-15(22-20(25)28-21(4,5)6)19(24)26-16-10-9-14-12(2)11-17(23)27-18(14)13(16)3/h9-11,15H,7-8H2,1-6H3,(H,22,25). The summed E-state index contributed by atoms with van der Waals surface area (Å²) in [6.45, 7) is 10.7. The minimum Gasteiger partial charge on any atom is -0.444 e. The van der Waals surface area contributed by atoms with Gasteiger partial charge in [-0.05, 0) is 58.7 Å². The third kappa shape index (κ3) is 5.34. The van der Waals surface area contributed by atoms with Crippen LogP contribution in [-0.4, -0.2) is 23.7 Å². The third-order valence-electron chi connectivity index (χ3n) is 4.08. The second-order valence-corrected chi connectivity index (χ2v) is 7.72. The van der Waals surface area contributed by atoms with E-state index in [-0.39, 0.29) is 5.75 Å². The molecule has 1 heterocycles. The number of hydrogen-bond donors (Lipinski definition) is 1. The maximum absolute atomic E-state index is 12.6. The van der Waals surface area contributed by atoms with Gasteiger partial charge in [-0.15, -0.1) is 0 Å². The van der Waals surface area contributed by atoms with E-state index in [4.69, 9.17) is 13.9 Å². The number of hydrogen-bond acceptors (Lipinski definition) is 6. The van der Waals surface area contributed by atoms with Gasteiger partial charge >= 0.3 is 17.7 Å². The molecule has 2 aromatic rings. The number of nitrogens with one attached hydrogen (secondary N) is 1. The van der Waals surface area contributed by atoms with Crippen LogP contribution in [0.3, 0.4) is 0 Å². The van der Waals surface area contributed by atoms with Crippen LogP contribution in [-0.2, 0) is 9.53 Å². The topological polar surface area (TPSA) is 94.8 Å². The van der Waals surface area contributed by atoms with Gasteiger partial charge in [0.25, 0.3) is 0 Å². The van der Waals surface area contributed by atoms with Crippen molar-refractivity contribution in [2.45, 2.75) is 66.0 Å². The molecule has 0 saturated carbocycles. The average molecular weight is 389 g/mol. The van der Waals surface area contributed by atoms with Crippen molar-refractivity contribution in [1.82, 2.24) is 5.32 Å². The van der Waals surface area contributed by atoms with E-state index in [2.05, 4.69) is 5.32 Å². The number of alkyl carbamates (subject to hydrolysis) is 1. The number of rotatable bonds is 5. The molecule has 0 aliphatic heterocycles. The number of ether oxygens (including phenoxy) is 2. The SMILES string of the molecule is CCCC(NC(=O)OC(C)(C)C)C(=O)Oc1ccc2c(C)cc(=O)oc2c1C. The van der Waals surface area contributed by atoms with Crippen molar-refractivity contribution in [2.24, 2.45) is 0 Å². The summed E-state index contributed by atoms with van der Waals surface area (Å²) >= 11 is 0. The summed E-state index contributed by atoms with van der Waals surface area (Å²) in [5.41, 5.74) is 0.561. The van der Waals surface area contributed by atoms with Crippen molar-refractivity contribution in [3.8, 4) is 5.75 Å². The highest BCUT2D eigenvalue weighted by Crippen LogP contribution is 2.28. The second kappa shape index (κ2) is 8.46. The van der Waals surface area contributed by atoms with Crippen LogP contribution in [0.2, 0.25) is 0 Å².